The second kappa shape index (κ2) is 8.19. The van der Waals surface area contributed by atoms with Crippen LogP contribution in [0, 0.1) is 12.8 Å². The first-order valence-electron chi connectivity index (χ1n) is 9.60. The van der Waals surface area contributed by atoms with Crippen LogP contribution < -0.4 is 15.0 Å². The first kappa shape index (κ1) is 18.7. The summed E-state index contributed by atoms with van der Waals surface area (Å²) in [5, 5.41) is 2.92. The molecule has 1 fully saturated rings. The number of hydrogen-bond donors (Lipinski definition) is 1. The van der Waals surface area contributed by atoms with E-state index in [1.807, 2.05) is 85.8 Å². The molecule has 1 heterocycles. The van der Waals surface area contributed by atoms with Gasteiger partial charge in [-0.25, -0.2) is 0 Å². The number of rotatable bonds is 5. The summed E-state index contributed by atoms with van der Waals surface area (Å²) in [5.41, 5.74) is 2.49. The molecule has 0 saturated carbocycles. The lowest BCUT2D eigenvalue weighted by Crippen LogP contribution is -2.28. The first-order valence-corrected chi connectivity index (χ1v) is 9.60. The van der Waals surface area contributed by atoms with Crippen molar-refractivity contribution in [3.8, 4) is 11.5 Å². The molecule has 0 radical (unpaired) electrons. The Morgan fingerprint density at radius 3 is 2.55 bits per heavy atom. The monoisotopic (exact) mass is 386 g/mol. The fourth-order valence-corrected chi connectivity index (χ4v) is 3.47. The van der Waals surface area contributed by atoms with Gasteiger partial charge in [-0.15, -0.1) is 0 Å². The highest BCUT2D eigenvalue weighted by Gasteiger charge is 2.36. The lowest BCUT2D eigenvalue weighted by atomic mass is 10.1. The summed E-state index contributed by atoms with van der Waals surface area (Å²) in [6, 6.07) is 24.5. The van der Waals surface area contributed by atoms with Gasteiger partial charge in [-0.05, 0) is 48.9 Å². The Kier molecular flexibility index (Phi) is 5.29. The van der Waals surface area contributed by atoms with Crippen LogP contribution in [-0.2, 0) is 9.59 Å². The molecule has 3 aromatic rings. The topological polar surface area (TPSA) is 58.6 Å². The smallest absolute Gasteiger partial charge is 0.229 e. The molecule has 1 saturated heterocycles. The van der Waals surface area contributed by atoms with Gasteiger partial charge in [-0.3, -0.25) is 9.59 Å². The largest absolute Gasteiger partial charge is 0.455 e. The van der Waals surface area contributed by atoms with Crippen molar-refractivity contribution in [3.63, 3.8) is 0 Å². The normalized spacial score (nSPS) is 16.0. The average molecular weight is 386 g/mol. The van der Waals surface area contributed by atoms with Gasteiger partial charge < -0.3 is 15.0 Å². The molecular weight excluding hydrogens is 364 g/mol. The third-order valence-electron chi connectivity index (χ3n) is 4.91. The van der Waals surface area contributed by atoms with Crippen molar-refractivity contribution in [1.82, 2.24) is 0 Å². The van der Waals surface area contributed by atoms with Crippen molar-refractivity contribution in [2.75, 3.05) is 16.8 Å². The lowest BCUT2D eigenvalue weighted by Gasteiger charge is -2.20. The van der Waals surface area contributed by atoms with Gasteiger partial charge in [0.05, 0.1) is 11.6 Å². The summed E-state index contributed by atoms with van der Waals surface area (Å²) in [4.78, 5) is 27.0. The molecule has 1 aliphatic rings. The molecule has 146 valence electrons. The number of ether oxygens (including phenoxy) is 1. The van der Waals surface area contributed by atoms with E-state index in [1.165, 1.54) is 0 Å². The Morgan fingerprint density at radius 1 is 1.00 bits per heavy atom. The van der Waals surface area contributed by atoms with Crippen molar-refractivity contribution in [2.45, 2.75) is 13.3 Å². The van der Waals surface area contributed by atoms with Gasteiger partial charge in [-0.2, -0.15) is 0 Å². The molecule has 0 aromatic heterocycles. The van der Waals surface area contributed by atoms with Gasteiger partial charge in [0.25, 0.3) is 0 Å². The molecule has 3 aromatic carbocycles. The third-order valence-corrected chi connectivity index (χ3v) is 4.91. The number of benzene rings is 3. The molecule has 2 amide bonds. The quantitative estimate of drug-likeness (QED) is 0.687. The van der Waals surface area contributed by atoms with Gasteiger partial charge in [0.1, 0.15) is 5.75 Å². The molecule has 1 N–H and O–H groups in total. The van der Waals surface area contributed by atoms with E-state index in [2.05, 4.69) is 5.32 Å². The third kappa shape index (κ3) is 4.29. The Morgan fingerprint density at radius 2 is 1.76 bits per heavy atom. The molecule has 4 rings (SSSR count). The van der Waals surface area contributed by atoms with E-state index in [-0.39, 0.29) is 18.2 Å². The zero-order chi connectivity index (χ0) is 20.2. The predicted octanol–water partition coefficient (Wildman–Crippen LogP) is 4.78. The van der Waals surface area contributed by atoms with Crippen LogP contribution in [-0.4, -0.2) is 18.4 Å². The summed E-state index contributed by atoms with van der Waals surface area (Å²) < 4.78 is 5.98. The minimum atomic E-state index is -0.409. The number of nitrogens with one attached hydrogen (secondary N) is 1. The minimum Gasteiger partial charge on any atom is -0.455 e. The molecule has 5 heteroatoms. The zero-order valence-corrected chi connectivity index (χ0v) is 16.2. The zero-order valence-electron chi connectivity index (χ0n) is 16.2. The SMILES string of the molecule is Cc1cccc(NC(=O)C2CC(=O)N(c3ccccc3Oc3ccccc3)C2)c1. The Labute approximate surface area is 169 Å². The van der Waals surface area contributed by atoms with Crippen LogP contribution in [0.15, 0.2) is 78.9 Å². The number of para-hydroxylation sites is 3. The number of amides is 2. The molecule has 0 bridgehead atoms. The number of nitrogens with zero attached hydrogens (tertiary/aromatic N) is 1. The maximum Gasteiger partial charge on any atom is 0.229 e. The van der Waals surface area contributed by atoms with Crippen molar-refractivity contribution < 1.29 is 14.3 Å². The average Bonchev–Trinajstić information content (AvgIpc) is 3.11. The van der Waals surface area contributed by atoms with E-state index >= 15 is 0 Å². The second-order valence-corrected chi connectivity index (χ2v) is 7.15. The fourth-order valence-electron chi connectivity index (χ4n) is 3.47. The van der Waals surface area contributed by atoms with Gasteiger partial charge in [0.15, 0.2) is 5.75 Å². The van der Waals surface area contributed by atoms with Crippen molar-refractivity contribution in [1.29, 1.82) is 0 Å². The Balaban J connectivity index is 1.50. The van der Waals surface area contributed by atoms with Crippen LogP contribution in [0.2, 0.25) is 0 Å². The molecular formula is C24H22N2O3. The Hall–Kier alpha value is -3.60. The van der Waals surface area contributed by atoms with E-state index < -0.39 is 5.92 Å². The van der Waals surface area contributed by atoms with Gasteiger partial charge >= 0.3 is 0 Å². The predicted molar refractivity (Wildman–Crippen MR) is 113 cm³/mol. The minimum absolute atomic E-state index is 0.0847. The van der Waals surface area contributed by atoms with Crippen LogP contribution in [0.25, 0.3) is 0 Å². The van der Waals surface area contributed by atoms with E-state index in [0.29, 0.717) is 23.7 Å². The molecule has 5 nitrogen and oxygen atoms in total. The highest BCUT2D eigenvalue weighted by atomic mass is 16.5. The van der Waals surface area contributed by atoms with Crippen LogP contribution in [0.1, 0.15) is 12.0 Å². The van der Waals surface area contributed by atoms with Crippen LogP contribution in [0.4, 0.5) is 11.4 Å². The highest BCUT2D eigenvalue weighted by molar-refractivity contribution is 6.04. The molecule has 1 atom stereocenters. The molecule has 0 aliphatic carbocycles. The van der Waals surface area contributed by atoms with Crippen molar-refractivity contribution in [2.24, 2.45) is 5.92 Å². The maximum absolute atomic E-state index is 12.7. The number of hydrogen-bond acceptors (Lipinski definition) is 3. The summed E-state index contributed by atoms with van der Waals surface area (Å²) >= 11 is 0. The molecule has 1 aliphatic heterocycles. The number of carbonyl (C=O) groups excluding carboxylic acids is 2. The van der Waals surface area contributed by atoms with Gasteiger partial charge in [0, 0.05) is 18.7 Å². The van der Waals surface area contributed by atoms with Gasteiger partial charge in [-0.1, -0.05) is 42.5 Å². The number of anilines is 2. The number of carbonyl (C=O) groups is 2. The maximum atomic E-state index is 12.7. The van der Waals surface area contributed by atoms with E-state index in [4.69, 9.17) is 4.74 Å². The summed E-state index contributed by atoms with van der Waals surface area (Å²) in [6.45, 7) is 2.30. The summed E-state index contributed by atoms with van der Waals surface area (Å²) in [6.07, 6.45) is 0.178. The standard InChI is InChI=1S/C24H22N2O3/c1-17-8-7-9-19(14-17)25-24(28)18-15-23(27)26(16-18)21-12-5-6-13-22(21)29-20-10-3-2-4-11-20/h2-14,18H,15-16H2,1H3,(H,25,28). The summed E-state index contributed by atoms with van der Waals surface area (Å²) in [5.74, 6) is 0.645. The Bertz CT molecular complexity index is 1030. The van der Waals surface area contributed by atoms with Crippen LogP contribution in [0.3, 0.4) is 0 Å². The molecule has 1 unspecified atom stereocenters. The fraction of sp³-hybridized carbons (Fsp3) is 0.167. The van der Waals surface area contributed by atoms with Crippen molar-refractivity contribution >= 4 is 23.2 Å². The van der Waals surface area contributed by atoms with Crippen LogP contribution >= 0.6 is 0 Å². The van der Waals surface area contributed by atoms with Crippen LogP contribution in [0.5, 0.6) is 11.5 Å². The van der Waals surface area contributed by atoms with Crippen molar-refractivity contribution in [3.05, 3.63) is 84.4 Å². The summed E-state index contributed by atoms with van der Waals surface area (Å²) in [7, 11) is 0. The molecule has 0 spiro atoms. The lowest BCUT2D eigenvalue weighted by molar-refractivity contribution is -0.122. The second-order valence-electron chi connectivity index (χ2n) is 7.15. The first-order chi connectivity index (χ1) is 14.1. The van der Waals surface area contributed by atoms with E-state index in [0.717, 1.165) is 11.3 Å². The number of aryl methyl sites for hydroxylation is 1. The molecule has 29 heavy (non-hydrogen) atoms. The highest BCUT2D eigenvalue weighted by Crippen LogP contribution is 2.35. The van der Waals surface area contributed by atoms with E-state index in [9.17, 15) is 9.59 Å². The van der Waals surface area contributed by atoms with E-state index in [1.54, 1.807) is 4.90 Å². The van der Waals surface area contributed by atoms with Gasteiger partial charge in [0.2, 0.25) is 11.8 Å².